The molecule has 0 radical (unpaired) electrons. The van der Waals surface area contributed by atoms with Gasteiger partial charge in [-0.15, -0.1) is 11.3 Å². The number of carbonyl (C=O) groups is 3. The number of fused-ring (bicyclic) bond motifs is 2. The standard InChI is InChI=1S/C25H23N3O5S2/c29-23(15-35(32,33)18-5-2-1-3-6-18)26-17-10-11-28-21(14-17)24(30)27-20-9-8-16(13-19(20)25(28)31)22-7-4-12-34-22/h1-9,12-13,17,21H,10-11,14-15H2,(H,26,29)(H,27,30). The molecule has 1 aromatic heterocycles. The van der Waals surface area contributed by atoms with E-state index < -0.39 is 33.6 Å². The third-order valence-corrected chi connectivity index (χ3v) is 8.82. The second-order valence-corrected chi connectivity index (χ2v) is 11.5. The molecule has 0 spiro atoms. The van der Waals surface area contributed by atoms with Gasteiger partial charge in [0.05, 0.1) is 16.1 Å². The number of nitrogens with one attached hydrogen (secondary N) is 2. The number of benzene rings is 2. The summed E-state index contributed by atoms with van der Waals surface area (Å²) in [4.78, 5) is 41.6. The largest absolute Gasteiger partial charge is 0.352 e. The zero-order valence-corrected chi connectivity index (χ0v) is 20.3. The molecule has 2 atom stereocenters. The number of sulfone groups is 1. The summed E-state index contributed by atoms with van der Waals surface area (Å²) >= 11 is 1.57. The highest BCUT2D eigenvalue weighted by atomic mass is 32.2. The van der Waals surface area contributed by atoms with E-state index in [-0.39, 0.29) is 29.7 Å². The lowest BCUT2D eigenvalue weighted by molar-refractivity contribution is -0.124. The molecule has 180 valence electrons. The van der Waals surface area contributed by atoms with Gasteiger partial charge < -0.3 is 15.5 Å². The van der Waals surface area contributed by atoms with Crippen LogP contribution < -0.4 is 10.6 Å². The zero-order chi connectivity index (χ0) is 24.6. The van der Waals surface area contributed by atoms with E-state index in [0.717, 1.165) is 10.4 Å². The van der Waals surface area contributed by atoms with Crippen LogP contribution in [0.15, 0.2) is 70.9 Å². The van der Waals surface area contributed by atoms with Crippen LogP contribution in [0.3, 0.4) is 0 Å². The second kappa shape index (κ2) is 9.27. The van der Waals surface area contributed by atoms with E-state index in [9.17, 15) is 22.8 Å². The van der Waals surface area contributed by atoms with Crippen molar-refractivity contribution in [2.75, 3.05) is 17.6 Å². The Balaban J connectivity index is 1.29. The highest BCUT2D eigenvalue weighted by molar-refractivity contribution is 7.92. The van der Waals surface area contributed by atoms with Crippen LogP contribution in [0, 0.1) is 0 Å². The maximum Gasteiger partial charge on any atom is 0.256 e. The maximum absolute atomic E-state index is 13.4. The van der Waals surface area contributed by atoms with Crippen LogP contribution in [-0.2, 0) is 19.4 Å². The third-order valence-electron chi connectivity index (χ3n) is 6.27. The molecule has 3 amide bonds. The minimum Gasteiger partial charge on any atom is -0.352 e. The molecule has 0 aliphatic carbocycles. The third kappa shape index (κ3) is 4.71. The van der Waals surface area contributed by atoms with Gasteiger partial charge in [0.2, 0.25) is 11.8 Å². The number of piperidine rings is 1. The van der Waals surface area contributed by atoms with E-state index in [1.807, 2.05) is 23.6 Å². The van der Waals surface area contributed by atoms with Gasteiger partial charge in [-0.1, -0.05) is 30.3 Å². The monoisotopic (exact) mass is 509 g/mol. The number of hydrogen-bond acceptors (Lipinski definition) is 6. The van der Waals surface area contributed by atoms with Gasteiger partial charge in [-0.05, 0) is 54.1 Å². The number of thiophene rings is 1. The van der Waals surface area contributed by atoms with Gasteiger partial charge in [-0.2, -0.15) is 0 Å². The Hall–Kier alpha value is -3.50. The number of amides is 3. The Morgan fingerprint density at radius 3 is 2.63 bits per heavy atom. The predicted octanol–water partition coefficient (Wildman–Crippen LogP) is 2.93. The highest BCUT2D eigenvalue weighted by Gasteiger charge is 2.40. The molecular weight excluding hydrogens is 486 g/mol. The van der Waals surface area contributed by atoms with Crippen molar-refractivity contribution in [2.45, 2.75) is 29.8 Å². The normalized spacial score (nSPS) is 19.8. The van der Waals surface area contributed by atoms with Gasteiger partial charge in [0.25, 0.3) is 5.91 Å². The summed E-state index contributed by atoms with van der Waals surface area (Å²) < 4.78 is 25.0. The molecule has 8 nitrogen and oxygen atoms in total. The smallest absolute Gasteiger partial charge is 0.256 e. The molecule has 2 aromatic carbocycles. The van der Waals surface area contributed by atoms with E-state index in [2.05, 4.69) is 10.6 Å². The van der Waals surface area contributed by atoms with Crippen LogP contribution in [0.4, 0.5) is 5.69 Å². The molecule has 3 aromatic rings. The van der Waals surface area contributed by atoms with E-state index in [0.29, 0.717) is 17.7 Å². The lowest BCUT2D eigenvalue weighted by Gasteiger charge is -2.37. The summed E-state index contributed by atoms with van der Waals surface area (Å²) in [6, 6.07) is 16.0. The Morgan fingerprint density at radius 1 is 1.09 bits per heavy atom. The second-order valence-electron chi connectivity index (χ2n) is 8.60. The Morgan fingerprint density at radius 2 is 1.89 bits per heavy atom. The van der Waals surface area contributed by atoms with Crippen molar-refractivity contribution in [3.05, 3.63) is 71.6 Å². The van der Waals surface area contributed by atoms with Crippen LogP contribution in [0.25, 0.3) is 10.4 Å². The number of rotatable bonds is 5. The van der Waals surface area contributed by atoms with Crippen LogP contribution in [0.5, 0.6) is 0 Å². The van der Waals surface area contributed by atoms with Crippen molar-refractivity contribution < 1.29 is 22.8 Å². The van der Waals surface area contributed by atoms with Crippen LogP contribution in [0.2, 0.25) is 0 Å². The van der Waals surface area contributed by atoms with Gasteiger partial charge in [0.1, 0.15) is 11.8 Å². The Kier molecular flexibility index (Phi) is 6.16. The van der Waals surface area contributed by atoms with Crippen molar-refractivity contribution in [1.82, 2.24) is 10.2 Å². The van der Waals surface area contributed by atoms with Gasteiger partial charge >= 0.3 is 0 Å². The first-order valence-electron chi connectivity index (χ1n) is 11.2. The Bertz CT molecular complexity index is 1390. The molecule has 1 saturated heterocycles. The average Bonchev–Trinajstić information content (AvgIpc) is 3.36. The Labute approximate surface area is 206 Å². The van der Waals surface area contributed by atoms with E-state index in [1.54, 1.807) is 46.6 Å². The number of anilines is 1. The molecule has 1 fully saturated rings. The molecule has 2 aliphatic heterocycles. The fourth-order valence-corrected chi connectivity index (χ4v) is 6.43. The molecule has 2 unspecified atom stereocenters. The molecule has 2 N–H and O–H groups in total. The molecule has 10 heteroatoms. The summed E-state index contributed by atoms with van der Waals surface area (Å²) in [5.41, 5.74) is 1.80. The topological polar surface area (TPSA) is 113 Å². The lowest BCUT2D eigenvalue weighted by atomic mass is 9.96. The van der Waals surface area contributed by atoms with E-state index >= 15 is 0 Å². The fraction of sp³-hybridized carbons (Fsp3) is 0.240. The SMILES string of the molecule is O=C(CS(=O)(=O)c1ccccc1)NC1CCN2C(=O)c3cc(-c4cccs4)ccc3NC(=O)C2C1. The quantitative estimate of drug-likeness (QED) is 0.549. The summed E-state index contributed by atoms with van der Waals surface area (Å²) in [5.74, 6) is -1.87. The number of hydrogen-bond donors (Lipinski definition) is 2. The van der Waals surface area contributed by atoms with Crippen molar-refractivity contribution in [2.24, 2.45) is 0 Å². The predicted molar refractivity (Wildman–Crippen MR) is 133 cm³/mol. The molecule has 3 heterocycles. The van der Waals surface area contributed by atoms with Crippen LogP contribution in [0.1, 0.15) is 23.2 Å². The van der Waals surface area contributed by atoms with E-state index in [4.69, 9.17) is 0 Å². The molecule has 35 heavy (non-hydrogen) atoms. The van der Waals surface area contributed by atoms with Crippen molar-refractivity contribution in [3.8, 4) is 10.4 Å². The minimum atomic E-state index is -3.77. The fourth-order valence-electron chi connectivity index (χ4n) is 4.54. The molecule has 0 bridgehead atoms. The van der Waals surface area contributed by atoms with Gasteiger partial charge in [0, 0.05) is 17.5 Å². The highest BCUT2D eigenvalue weighted by Crippen LogP contribution is 2.33. The maximum atomic E-state index is 13.4. The summed E-state index contributed by atoms with van der Waals surface area (Å²) in [6.07, 6.45) is 0.632. The first-order valence-corrected chi connectivity index (χ1v) is 13.7. The number of nitrogens with zero attached hydrogens (tertiary/aromatic N) is 1. The first-order chi connectivity index (χ1) is 16.8. The van der Waals surface area contributed by atoms with E-state index in [1.165, 1.54) is 12.1 Å². The van der Waals surface area contributed by atoms with Gasteiger partial charge in [-0.3, -0.25) is 14.4 Å². The molecule has 2 aliphatic rings. The summed E-state index contributed by atoms with van der Waals surface area (Å²) in [5, 5.41) is 7.56. The summed E-state index contributed by atoms with van der Waals surface area (Å²) in [6.45, 7) is 0.274. The molecule has 5 rings (SSSR count). The van der Waals surface area contributed by atoms with Gasteiger partial charge in [-0.25, -0.2) is 8.42 Å². The first kappa shape index (κ1) is 23.3. The summed E-state index contributed by atoms with van der Waals surface area (Å²) in [7, 11) is -3.77. The zero-order valence-electron chi connectivity index (χ0n) is 18.6. The number of carbonyl (C=O) groups excluding carboxylic acids is 3. The minimum absolute atomic E-state index is 0.0818. The van der Waals surface area contributed by atoms with Crippen molar-refractivity contribution in [3.63, 3.8) is 0 Å². The molecule has 0 saturated carbocycles. The van der Waals surface area contributed by atoms with Gasteiger partial charge in [0.15, 0.2) is 9.84 Å². The lowest BCUT2D eigenvalue weighted by Crippen LogP contribution is -2.55. The van der Waals surface area contributed by atoms with Crippen molar-refractivity contribution >= 4 is 44.6 Å². The van der Waals surface area contributed by atoms with Crippen LogP contribution in [-0.4, -0.2) is 55.4 Å². The average molecular weight is 510 g/mol. The van der Waals surface area contributed by atoms with Crippen molar-refractivity contribution in [1.29, 1.82) is 0 Å². The molecular formula is C25H23N3O5S2. The van der Waals surface area contributed by atoms with Crippen LogP contribution >= 0.6 is 11.3 Å².